The minimum absolute atomic E-state index is 0. The Bertz CT molecular complexity index is 1670. The molecule has 0 spiro atoms. The molecule has 45 heavy (non-hydrogen) atoms. The zero-order chi connectivity index (χ0) is 32.1. The molecule has 0 aliphatic rings. The van der Waals surface area contributed by atoms with Crippen molar-refractivity contribution in [2.24, 2.45) is 5.92 Å². The summed E-state index contributed by atoms with van der Waals surface area (Å²) in [6, 6.07) is 34.2. The molecule has 0 aliphatic heterocycles. The van der Waals surface area contributed by atoms with Gasteiger partial charge in [0.25, 0.3) is 0 Å². The molecule has 4 heteroatoms. The number of pyridine rings is 2. The van der Waals surface area contributed by atoms with Crippen molar-refractivity contribution in [3.05, 3.63) is 137 Å². The van der Waals surface area contributed by atoms with E-state index in [0.29, 0.717) is 5.92 Å². The Morgan fingerprint density at radius 3 is 2.00 bits per heavy atom. The van der Waals surface area contributed by atoms with Crippen molar-refractivity contribution in [2.45, 2.75) is 79.9 Å². The molecule has 0 aliphatic carbocycles. The molecule has 0 N–H and O–H groups in total. The van der Waals surface area contributed by atoms with E-state index in [9.17, 15) is 0 Å². The fraction of sp³-hybridized carbons (Fsp3) is 0.317. The van der Waals surface area contributed by atoms with Crippen LogP contribution in [-0.2, 0) is 31.9 Å². The maximum Gasteiger partial charge on any atom is 0.0798 e. The van der Waals surface area contributed by atoms with E-state index in [-0.39, 0.29) is 25.5 Å². The van der Waals surface area contributed by atoms with E-state index in [1.165, 1.54) is 38.6 Å². The average molecular weight is 789 g/mol. The number of hydrogen-bond acceptors (Lipinski definition) is 2. The molecule has 1 radical (unpaired) electrons. The van der Waals surface area contributed by atoms with Gasteiger partial charge < -0.3 is 9.97 Å². The number of benzene rings is 3. The molecule has 0 amide bonds. The molecule has 2 aromatic heterocycles. The molecule has 0 saturated heterocycles. The fourth-order valence-corrected chi connectivity index (χ4v) is 7.06. The summed E-state index contributed by atoms with van der Waals surface area (Å²) in [5, 5.41) is 1.49. The number of rotatable bonds is 7. The smallest absolute Gasteiger partial charge is 0.0798 e. The fourth-order valence-electron chi connectivity index (χ4n) is 5.47. The predicted molar refractivity (Wildman–Crippen MR) is 191 cm³/mol. The van der Waals surface area contributed by atoms with E-state index < -0.39 is 8.07 Å². The van der Waals surface area contributed by atoms with E-state index in [1.807, 2.05) is 30.5 Å². The van der Waals surface area contributed by atoms with E-state index in [4.69, 9.17) is 4.98 Å². The van der Waals surface area contributed by atoms with Crippen molar-refractivity contribution in [2.75, 3.05) is 0 Å². The first kappa shape index (κ1) is 36.3. The van der Waals surface area contributed by atoms with Gasteiger partial charge in [0, 0.05) is 37.9 Å². The van der Waals surface area contributed by atoms with Crippen molar-refractivity contribution in [1.29, 1.82) is 0 Å². The Labute approximate surface area is 287 Å². The summed E-state index contributed by atoms with van der Waals surface area (Å²) in [5.41, 5.74) is 11.8. The molecule has 0 bridgehead atoms. The van der Waals surface area contributed by atoms with Gasteiger partial charge in [0.15, 0.2) is 0 Å². The van der Waals surface area contributed by atoms with Crippen LogP contribution < -0.4 is 5.19 Å². The van der Waals surface area contributed by atoms with Crippen LogP contribution in [0.15, 0.2) is 91.3 Å². The Morgan fingerprint density at radius 1 is 0.756 bits per heavy atom. The Balaban J connectivity index is 0.000000244. The molecule has 5 rings (SSSR count). The van der Waals surface area contributed by atoms with E-state index in [2.05, 4.69) is 146 Å². The van der Waals surface area contributed by atoms with Crippen LogP contribution in [-0.4, -0.2) is 18.0 Å². The summed E-state index contributed by atoms with van der Waals surface area (Å²) < 4.78 is 0. The van der Waals surface area contributed by atoms with Crippen LogP contribution in [0.2, 0.25) is 19.6 Å². The Hall–Kier alpha value is -3.17. The van der Waals surface area contributed by atoms with Crippen LogP contribution >= 0.6 is 0 Å². The van der Waals surface area contributed by atoms with Gasteiger partial charge in [-0.1, -0.05) is 107 Å². The second-order valence-corrected chi connectivity index (χ2v) is 19.0. The topological polar surface area (TPSA) is 25.8 Å². The first-order chi connectivity index (χ1) is 20.8. The van der Waals surface area contributed by atoms with Gasteiger partial charge in [0.2, 0.25) is 0 Å². The third-order valence-electron chi connectivity index (χ3n) is 8.21. The second-order valence-electron chi connectivity index (χ2n) is 14.0. The van der Waals surface area contributed by atoms with Gasteiger partial charge in [0.05, 0.1) is 8.07 Å². The van der Waals surface area contributed by atoms with Crippen molar-refractivity contribution in [3.63, 3.8) is 0 Å². The number of nitrogens with zero attached hydrogens (tertiary/aromatic N) is 2. The Morgan fingerprint density at radius 2 is 1.44 bits per heavy atom. The number of aryl methyl sites for hydroxylation is 3. The van der Waals surface area contributed by atoms with Gasteiger partial charge in [-0.05, 0) is 53.9 Å². The summed E-state index contributed by atoms with van der Waals surface area (Å²) in [6.07, 6.45) is 5.25. The van der Waals surface area contributed by atoms with Crippen LogP contribution in [0.25, 0.3) is 22.5 Å². The minimum atomic E-state index is -1.34. The first-order valence-electron chi connectivity index (χ1n) is 15.7. The van der Waals surface area contributed by atoms with Crippen LogP contribution in [0.4, 0.5) is 0 Å². The van der Waals surface area contributed by atoms with Crippen LogP contribution in [0.3, 0.4) is 0 Å². The molecule has 0 unspecified atom stereocenters. The molecular weight excluding hydrogens is 741 g/mol. The molecule has 5 aromatic rings. The molecule has 3 aromatic carbocycles. The van der Waals surface area contributed by atoms with Gasteiger partial charge >= 0.3 is 0 Å². The van der Waals surface area contributed by atoms with Crippen LogP contribution in [0, 0.1) is 38.8 Å². The number of aromatic nitrogens is 2. The van der Waals surface area contributed by atoms with E-state index >= 15 is 0 Å². The summed E-state index contributed by atoms with van der Waals surface area (Å²) in [6.45, 7) is 22.6. The number of hydrogen-bond donors (Lipinski definition) is 0. The monoisotopic (exact) mass is 789 g/mol. The largest absolute Gasteiger partial charge is 0.305 e. The summed E-state index contributed by atoms with van der Waals surface area (Å²) in [5.74, 6) is 0.667. The zero-order valence-electron chi connectivity index (χ0n) is 28.7. The third kappa shape index (κ3) is 9.42. The minimum Gasteiger partial charge on any atom is -0.305 e. The van der Waals surface area contributed by atoms with E-state index in [1.54, 1.807) is 0 Å². The van der Waals surface area contributed by atoms with Crippen molar-refractivity contribution in [1.82, 2.24) is 9.97 Å². The molecule has 2 heterocycles. The molecular formula is C41H48IrN2Si-2. The maximum atomic E-state index is 4.76. The average Bonchev–Trinajstić information content (AvgIpc) is 2.98. The zero-order valence-corrected chi connectivity index (χ0v) is 32.1. The van der Waals surface area contributed by atoms with Crippen molar-refractivity contribution in [3.8, 4) is 22.5 Å². The van der Waals surface area contributed by atoms with Gasteiger partial charge in [-0.2, -0.15) is 0 Å². The van der Waals surface area contributed by atoms with Crippen molar-refractivity contribution >= 4 is 13.3 Å². The predicted octanol–water partition coefficient (Wildman–Crippen LogP) is 10.1. The first-order valence-corrected chi connectivity index (χ1v) is 19.2. The molecule has 237 valence electrons. The molecule has 0 fully saturated rings. The quantitative estimate of drug-likeness (QED) is 0.121. The SMILES string of the molecule is CC(C)Cc1cc(-c2[c-]cccc2)ncc1[Si](C)(C)C.Cc1c[c-]c(-c2ncc(C(C)(C)c3ccc(C)cc3)cc2C)cc1.[Ir]. The maximum absolute atomic E-state index is 4.76. The normalized spacial score (nSPS) is 11.4. The third-order valence-corrected chi connectivity index (χ3v) is 10.3. The molecule has 0 atom stereocenters. The Kier molecular flexibility index (Phi) is 12.4. The summed E-state index contributed by atoms with van der Waals surface area (Å²) in [4.78, 5) is 9.44. The van der Waals surface area contributed by atoms with Gasteiger partial charge in [0.1, 0.15) is 0 Å². The van der Waals surface area contributed by atoms with Crippen LogP contribution in [0.5, 0.6) is 0 Å². The molecule has 2 nitrogen and oxygen atoms in total. The van der Waals surface area contributed by atoms with Crippen LogP contribution in [0.1, 0.15) is 61.1 Å². The van der Waals surface area contributed by atoms with E-state index in [0.717, 1.165) is 28.9 Å². The standard InChI is InChI=1S/C23H24N.C18H24NSi.Ir/c1-16-6-10-19(11-7-16)22-18(3)14-21(15-24-22)23(4,5)20-12-8-17(2)9-13-20;1-14(2)11-16-12-17(15-9-7-6-8-10-15)19-13-18(16)20(3,4)5;/h6-10,12-15H,1-5H3;6-9,12-14H,11H2,1-5H3;/q2*-1;. The van der Waals surface area contributed by atoms with Gasteiger partial charge in [-0.15, -0.1) is 71.3 Å². The van der Waals surface area contributed by atoms with Gasteiger partial charge in [-0.3, -0.25) is 0 Å². The second kappa shape index (κ2) is 15.4. The summed E-state index contributed by atoms with van der Waals surface area (Å²) >= 11 is 0. The summed E-state index contributed by atoms with van der Waals surface area (Å²) in [7, 11) is -1.34. The van der Waals surface area contributed by atoms with Crippen molar-refractivity contribution < 1.29 is 20.1 Å². The molecule has 0 saturated carbocycles. The van der Waals surface area contributed by atoms with Gasteiger partial charge in [-0.25, -0.2) is 0 Å².